The van der Waals surface area contributed by atoms with E-state index >= 15 is 0 Å². The predicted octanol–water partition coefficient (Wildman–Crippen LogP) is -1.87. The molecule has 0 heterocycles. The van der Waals surface area contributed by atoms with Crippen molar-refractivity contribution in [2.75, 3.05) is 6.54 Å². The zero-order valence-corrected chi connectivity index (χ0v) is 23.2. The molecule has 0 radical (unpaired) electrons. The highest BCUT2D eigenvalue weighted by Gasteiger charge is 2.13. The fourth-order valence-electron chi connectivity index (χ4n) is 1.49. The monoisotopic (exact) mass is 644 g/mol. The number of nitrogens with two attached hydrogens (primary N) is 2. The maximum atomic E-state index is 10.2. The summed E-state index contributed by atoms with van der Waals surface area (Å²) in [4.78, 5) is 108. The lowest BCUT2D eigenvalue weighted by molar-refractivity contribution is -0.150. The van der Waals surface area contributed by atoms with E-state index in [1.54, 1.807) is 0 Å². The first-order valence-electron chi connectivity index (χ1n) is 11.9. The van der Waals surface area contributed by atoms with Crippen molar-refractivity contribution in [2.24, 2.45) is 11.5 Å². The van der Waals surface area contributed by atoms with Gasteiger partial charge in [-0.05, 0) is 19.4 Å². The van der Waals surface area contributed by atoms with Crippen molar-refractivity contribution in [3.63, 3.8) is 0 Å². The van der Waals surface area contributed by atoms with Crippen LogP contribution in [0.5, 0.6) is 0 Å². The topological polar surface area (TPSA) is 402 Å². The number of rotatable bonds is 18. The highest BCUT2D eigenvalue weighted by molar-refractivity contribution is 6.33. The Balaban J connectivity index is -0.000000145. The Morgan fingerprint density at radius 2 is 0.864 bits per heavy atom. The van der Waals surface area contributed by atoms with Crippen molar-refractivity contribution in [3.05, 3.63) is 0 Å². The molecule has 21 nitrogen and oxygen atoms in total. The van der Waals surface area contributed by atoms with Gasteiger partial charge in [0.15, 0.2) is 0 Å². The summed E-state index contributed by atoms with van der Waals surface area (Å²) >= 11 is 0. The van der Waals surface area contributed by atoms with Crippen molar-refractivity contribution in [1.29, 1.82) is 0 Å². The fraction of sp³-hybridized carbons (Fsp3) is 0.522. The molecule has 0 rings (SSSR count). The van der Waals surface area contributed by atoms with Crippen LogP contribution in [0.4, 0.5) is 0 Å². The molecule has 0 aromatic heterocycles. The molecule has 0 aliphatic carbocycles. The Bertz CT molecular complexity index is 937. The minimum atomic E-state index is -1.58. The average molecular weight is 645 g/mol. The number of hydrogen-bond donors (Lipinski definition) is 10. The molecular weight excluding hydrogens is 608 g/mol. The Kier molecular flexibility index (Phi) is 35.4. The van der Waals surface area contributed by atoms with Crippen molar-refractivity contribution in [1.82, 2.24) is 0 Å². The van der Waals surface area contributed by atoms with Crippen LogP contribution in [0, 0.1) is 0 Å². The van der Waals surface area contributed by atoms with Gasteiger partial charge in [0.05, 0.1) is 19.3 Å². The number of carbonyl (C=O) groups excluding carboxylic acids is 3. The van der Waals surface area contributed by atoms with E-state index in [1.807, 2.05) is 0 Å². The summed E-state index contributed by atoms with van der Waals surface area (Å²) in [5.41, 5.74) is 10.0. The second-order valence-electron chi connectivity index (χ2n) is 7.51. The standard InChI is InChI=1S/C5H9NO4.2C5H6O5.C4H9NO2.C4H6O3/c3*6-3(5(9)10)1-2-4(7)8;2*5-3-1-2-4(6)7/h3H,1-2,6H2,(H,7,8)(H,9,10);2*1-2H2,(H,7,8)(H,9,10);1-3,5H2,(H,6,7);3H,1-2H2,(H,6,7)/t3-;;;;/m0..../s1. The number of Topliss-reactive ketones (excluding diaryl/α,β-unsaturated/α-hetero) is 2. The molecule has 0 saturated heterocycles. The van der Waals surface area contributed by atoms with Crippen LogP contribution in [0.3, 0.4) is 0 Å². The third-order valence-corrected chi connectivity index (χ3v) is 3.67. The summed E-state index contributed by atoms with van der Waals surface area (Å²) in [5.74, 6) is -11.5. The van der Waals surface area contributed by atoms with Crippen LogP contribution < -0.4 is 11.5 Å². The highest BCUT2D eigenvalue weighted by atomic mass is 16.4. The number of carboxylic acid groups (broad SMARTS) is 8. The summed E-state index contributed by atoms with van der Waals surface area (Å²) in [6.45, 7) is 0.465. The number of carboxylic acids is 8. The van der Waals surface area contributed by atoms with E-state index in [2.05, 4.69) is 0 Å². The quantitative estimate of drug-likeness (QED) is 0.0576. The third kappa shape index (κ3) is 53.0. The molecule has 21 heteroatoms. The number of hydrogen-bond acceptors (Lipinski definition) is 13. The smallest absolute Gasteiger partial charge is 0.372 e. The zero-order valence-electron chi connectivity index (χ0n) is 23.2. The van der Waals surface area contributed by atoms with E-state index in [4.69, 9.17) is 52.3 Å². The summed E-state index contributed by atoms with van der Waals surface area (Å²) < 4.78 is 0. The van der Waals surface area contributed by atoms with E-state index in [9.17, 15) is 52.7 Å². The maximum Gasteiger partial charge on any atom is 0.372 e. The molecule has 252 valence electrons. The molecule has 0 bridgehead atoms. The highest BCUT2D eigenvalue weighted by Crippen LogP contribution is 1.93. The molecule has 0 aromatic carbocycles. The first-order valence-corrected chi connectivity index (χ1v) is 11.9. The number of aliphatic carboxylic acids is 8. The fourth-order valence-corrected chi connectivity index (χ4v) is 1.49. The lowest BCUT2D eigenvalue weighted by Gasteiger charge is -2.01. The molecule has 0 aromatic rings. The van der Waals surface area contributed by atoms with Crippen LogP contribution >= 0.6 is 0 Å². The van der Waals surface area contributed by atoms with Gasteiger partial charge in [-0.3, -0.25) is 38.4 Å². The summed E-state index contributed by atoms with van der Waals surface area (Å²) in [6, 6.07) is -1.06. The minimum absolute atomic E-state index is 0.0231. The van der Waals surface area contributed by atoms with Crippen LogP contribution in [0.25, 0.3) is 0 Å². The molecule has 0 aliphatic rings. The van der Waals surface area contributed by atoms with Crippen LogP contribution in [0.2, 0.25) is 0 Å². The van der Waals surface area contributed by atoms with Crippen LogP contribution in [0.1, 0.15) is 64.2 Å². The number of aldehydes is 1. The summed E-state index contributed by atoms with van der Waals surface area (Å²) in [6.07, 6.45) is -0.525. The van der Waals surface area contributed by atoms with Gasteiger partial charge < -0.3 is 57.1 Å². The average Bonchev–Trinajstić information content (AvgIpc) is 2.91. The van der Waals surface area contributed by atoms with Gasteiger partial charge in [0.2, 0.25) is 11.6 Å². The molecule has 0 aliphatic heterocycles. The van der Waals surface area contributed by atoms with Crippen LogP contribution in [0.15, 0.2) is 0 Å². The second-order valence-corrected chi connectivity index (χ2v) is 7.51. The van der Waals surface area contributed by atoms with Crippen molar-refractivity contribution >= 4 is 65.6 Å². The molecule has 0 fully saturated rings. The molecule has 1 atom stereocenters. The summed E-state index contributed by atoms with van der Waals surface area (Å²) in [5, 5.41) is 64.1. The van der Waals surface area contributed by atoms with Gasteiger partial charge in [0.25, 0.3) is 0 Å². The van der Waals surface area contributed by atoms with E-state index in [0.29, 0.717) is 19.3 Å². The van der Waals surface area contributed by atoms with Crippen molar-refractivity contribution < 1.29 is 93.6 Å². The Morgan fingerprint density at radius 3 is 1.05 bits per heavy atom. The zero-order chi connectivity index (χ0) is 35.8. The molecule has 0 spiro atoms. The number of ketones is 2. The maximum absolute atomic E-state index is 10.2. The minimum Gasteiger partial charge on any atom is -0.481 e. The van der Waals surface area contributed by atoms with Crippen LogP contribution in [-0.4, -0.2) is 119 Å². The van der Waals surface area contributed by atoms with Gasteiger partial charge >= 0.3 is 47.8 Å². The molecule has 0 amide bonds. The second kappa shape index (κ2) is 32.2. The van der Waals surface area contributed by atoms with Gasteiger partial charge in [0, 0.05) is 32.1 Å². The van der Waals surface area contributed by atoms with Crippen molar-refractivity contribution in [2.45, 2.75) is 70.3 Å². The Morgan fingerprint density at radius 1 is 0.523 bits per heavy atom. The van der Waals surface area contributed by atoms with Gasteiger partial charge in [-0.15, -0.1) is 0 Å². The molecule has 44 heavy (non-hydrogen) atoms. The van der Waals surface area contributed by atoms with E-state index in [-0.39, 0.29) is 32.1 Å². The van der Waals surface area contributed by atoms with E-state index in [1.165, 1.54) is 0 Å². The van der Waals surface area contributed by atoms with Crippen LogP contribution in [-0.2, 0) is 52.7 Å². The third-order valence-electron chi connectivity index (χ3n) is 3.67. The van der Waals surface area contributed by atoms with E-state index in [0.717, 1.165) is 0 Å². The predicted molar refractivity (Wildman–Crippen MR) is 140 cm³/mol. The van der Waals surface area contributed by atoms with Gasteiger partial charge in [-0.2, -0.15) is 0 Å². The normalized spacial score (nSPS) is 9.50. The van der Waals surface area contributed by atoms with Gasteiger partial charge in [-0.1, -0.05) is 0 Å². The molecule has 0 saturated carbocycles. The molecular formula is C23H36N2O19. The first kappa shape index (κ1) is 48.4. The lowest BCUT2D eigenvalue weighted by Crippen LogP contribution is -2.30. The largest absolute Gasteiger partial charge is 0.481 e. The van der Waals surface area contributed by atoms with Crippen molar-refractivity contribution in [3.8, 4) is 0 Å². The molecule has 0 unspecified atom stereocenters. The SMILES string of the molecule is NCCCC(=O)O.N[C@@H](CCC(=O)O)C(=O)O.O=C(O)CCC(=O)C(=O)O.O=C(O)CCC(=O)C(=O)O.O=CCCC(=O)O. The Labute approximate surface area is 248 Å². The van der Waals surface area contributed by atoms with E-state index < -0.39 is 91.0 Å². The molecule has 12 N–H and O–H groups in total. The summed E-state index contributed by atoms with van der Waals surface area (Å²) in [7, 11) is 0. The lowest BCUT2D eigenvalue weighted by atomic mass is 10.2. The Hall–Kier alpha value is -5.31. The van der Waals surface area contributed by atoms with Gasteiger partial charge in [-0.25, -0.2) is 9.59 Å². The number of carbonyl (C=O) groups is 11. The van der Waals surface area contributed by atoms with Gasteiger partial charge in [0.1, 0.15) is 12.3 Å². The first-order chi connectivity index (χ1) is 20.1.